The molecule has 0 aliphatic carbocycles. The number of carbonyl (C=O) groups excluding carboxylic acids is 1. The van der Waals surface area contributed by atoms with Gasteiger partial charge in [0.1, 0.15) is 6.10 Å². The van der Waals surface area contributed by atoms with Gasteiger partial charge in [0.05, 0.1) is 13.2 Å². The van der Waals surface area contributed by atoms with Crippen molar-refractivity contribution in [2.45, 2.75) is 174 Å². The zero-order chi connectivity index (χ0) is 38.4. The number of aliphatic hydroxyl groups excluding tert-OH is 1. The van der Waals surface area contributed by atoms with Gasteiger partial charge in [-0.1, -0.05) is 175 Å². The first kappa shape index (κ1) is 50.1. The van der Waals surface area contributed by atoms with Gasteiger partial charge in [0.2, 0.25) is 0 Å². The van der Waals surface area contributed by atoms with E-state index < -0.39 is 6.10 Å². The quantitative estimate of drug-likeness (QED) is 0.0390. The normalized spacial score (nSPS) is 13.5. The second-order valence-corrected chi connectivity index (χ2v) is 13.6. The number of unbranched alkanes of at least 4 members (excludes halogenated alkanes) is 12. The van der Waals surface area contributed by atoms with Crippen LogP contribution in [0.1, 0.15) is 168 Å². The lowest BCUT2D eigenvalue weighted by atomic mass is 10.1. The van der Waals surface area contributed by atoms with Crippen molar-refractivity contribution in [1.29, 1.82) is 0 Å². The van der Waals surface area contributed by atoms with E-state index >= 15 is 0 Å². The molecule has 53 heavy (non-hydrogen) atoms. The fourth-order valence-electron chi connectivity index (χ4n) is 5.46. The van der Waals surface area contributed by atoms with E-state index in [0.717, 1.165) is 103 Å². The van der Waals surface area contributed by atoms with Crippen LogP contribution >= 0.6 is 0 Å². The molecule has 0 aliphatic rings. The third-order valence-corrected chi connectivity index (χ3v) is 8.59. The number of esters is 1. The van der Waals surface area contributed by atoms with Crippen LogP contribution in [0.25, 0.3) is 0 Å². The highest BCUT2D eigenvalue weighted by molar-refractivity contribution is 5.69. The van der Waals surface area contributed by atoms with Crippen LogP contribution in [0.5, 0.6) is 0 Å². The Morgan fingerprint density at radius 3 is 1.19 bits per heavy atom. The van der Waals surface area contributed by atoms with E-state index in [1.165, 1.54) is 44.9 Å². The van der Waals surface area contributed by atoms with Gasteiger partial charge < -0.3 is 14.6 Å². The van der Waals surface area contributed by atoms with Crippen molar-refractivity contribution in [1.82, 2.24) is 0 Å². The van der Waals surface area contributed by atoms with E-state index in [1.807, 2.05) is 0 Å². The van der Waals surface area contributed by atoms with Crippen molar-refractivity contribution < 1.29 is 19.4 Å². The summed E-state index contributed by atoms with van der Waals surface area (Å²) in [4.78, 5) is 12.2. The Bertz CT molecular complexity index is 1040. The van der Waals surface area contributed by atoms with Crippen LogP contribution in [-0.4, -0.2) is 37.0 Å². The highest BCUT2D eigenvalue weighted by Gasteiger charge is 2.13. The fourth-order valence-corrected chi connectivity index (χ4v) is 5.46. The minimum absolute atomic E-state index is 0.192. The summed E-state index contributed by atoms with van der Waals surface area (Å²) in [5, 5.41) is 9.60. The van der Waals surface area contributed by atoms with E-state index in [-0.39, 0.29) is 19.2 Å². The highest BCUT2D eigenvalue weighted by Crippen LogP contribution is 2.12. The van der Waals surface area contributed by atoms with Crippen molar-refractivity contribution in [3.05, 3.63) is 109 Å². The minimum Gasteiger partial charge on any atom is -0.457 e. The van der Waals surface area contributed by atoms with Gasteiger partial charge in [-0.3, -0.25) is 4.79 Å². The summed E-state index contributed by atoms with van der Waals surface area (Å²) in [6, 6.07) is 0. The number of rotatable bonds is 38. The molecule has 0 saturated carbocycles. The Kier molecular flexibility index (Phi) is 42.7. The zero-order valence-corrected chi connectivity index (χ0v) is 34.2. The van der Waals surface area contributed by atoms with Crippen molar-refractivity contribution >= 4 is 5.97 Å². The maximum absolute atomic E-state index is 12.2. The molecule has 0 aromatic heterocycles. The Morgan fingerprint density at radius 2 is 0.792 bits per heavy atom. The molecular weight excluding hydrogens is 653 g/mol. The minimum atomic E-state index is -0.558. The first-order valence-corrected chi connectivity index (χ1v) is 21.5. The van der Waals surface area contributed by atoms with Crippen LogP contribution in [0.4, 0.5) is 0 Å². The van der Waals surface area contributed by atoms with Crippen LogP contribution in [0.3, 0.4) is 0 Å². The number of allylic oxidation sites excluding steroid dienone is 18. The molecule has 1 atom stereocenters. The topological polar surface area (TPSA) is 55.8 Å². The molecule has 300 valence electrons. The monoisotopic (exact) mass is 733 g/mol. The van der Waals surface area contributed by atoms with Crippen molar-refractivity contribution in [2.24, 2.45) is 0 Å². The van der Waals surface area contributed by atoms with Crippen molar-refractivity contribution in [3.8, 4) is 0 Å². The summed E-state index contributed by atoms with van der Waals surface area (Å²) >= 11 is 0. The molecular formula is C49H80O4. The molecule has 4 nitrogen and oxygen atoms in total. The summed E-state index contributed by atoms with van der Waals surface area (Å²) in [6.45, 7) is 5.05. The van der Waals surface area contributed by atoms with Gasteiger partial charge in [0, 0.05) is 13.0 Å². The van der Waals surface area contributed by atoms with E-state index in [9.17, 15) is 9.90 Å². The Morgan fingerprint density at radius 1 is 0.453 bits per heavy atom. The molecule has 0 spiro atoms. The second-order valence-electron chi connectivity index (χ2n) is 13.6. The smallest absolute Gasteiger partial charge is 0.306 e. The highest BCUT2D eigenvalue weighted by atomic mass is 16.6. The van der Waals surface area contributed by atoms with Gasteiger partial charge in [0.25, 0.3) is 0 Å². The van der Waals surface area contributed by atoms with E-state index in [4.69, 9.17) is 9.47 Å². The Labute approximate surface area is 327 Å². The number of hydrogen-bond donors (Lipinski definition) is 1. The fraction of sp³-hybridized carbons (Fsp3) is 0.612. The van der Waals surface area contributed by atoms with E-state index in [0.29, 0.717) is 13.0 Å². The number of hydrogen-bond acceptors (Lipinski definition) is 4. The lowest BCUT2D eigenvalue weighted by molar-refractivity contribution is -0.154. The van der Waals surface area contributed by atoms with E-state index in [1.54, 1.807) is 0 Å². The van der Waals surface area contributed by atoms with Gasteiger partial charge >= 0.3 is 5.97 Å². The summed E-state index contributed by atoms with van der Waals surface area (Å²) in [5.41, 5.74) is 0. The van der Waals surface area contributed by atoms with Gasteiger partial charge in [0.15, 0.2) is 0 Å². The third-order valence-electron chi connectivity index (χ3n) is 8.59. The molecule has 1 N–H and O–H groups in total. The molecule has 0 saturated heterocycles. The average Bonchev–Trinajstić information content (AvgIpc) is 3.16. The van der Waals surface area contributed by atoms with E-state index in [2.05, 4.69) is 123 Å². The van der Waals surface area contributed by atoms with Crippen LogP contribution in [0.15, 0.2) is 109 Å². The van der Waals surface area contributed by atoms with Crippen LogP contribution < -0.4 is 0 Å². The number of ether oxygens (including phenoxy) is 2. The summed E-state index contributed by atoms with van der Waals surface area (Å²) in [6.07, 6.45) is 65.7. The zero-order valence-electron chi connectivity index (χ0n) is 34.2. The first-order chi connectivity index (χ1) is 26.2. The maximum Gasteiger partial charge on any atom is 0.306 e. The van der Waals surface area contributed by atoms with Crippen molar-refractivity contribution in [2.75, 3.05) is 19.8 Å². The predicted octanol–water partition coefficient (Wildman–Crippen LogP) is 14.3. The van der Waals surface area contributed by atoms with Crippen LogP contribution in [0, 0.1) is 0 Å². The molecule has 0 fully saturated rings. The Hall–Kier alpha value is -2.95. The van der Waals surface area contributed by atoms with Gasteiger partial charge in [-0.05, 0) is 96.3 Å². The van der Waals surface area contributed by atoms with Crippen LogP contribution in [0.2, 0.25) is 0 Å². The second kappa shape index (κ2) is 45.2. The molecule has 0 aliphatic heterocycles. The molecule has 4 heteroatoms. The van der Waals surface area contributed by atoms with Gasteiger partial charge in [-0.25, -0.2) is 0 Å². The Balaban J connectivity index is 3.56. The third kappa shape index (κ3) is 43.3. The standard InChI is InChI=1S/C49H80O4/c1-3-5-7-9-11-13-15-17-19-21-22-23-24-25-26-27-29-31-33-35-37-39-41-43-45-52-47-48(46-50)53-49(51)44-42-40-38-36-34-32-30-28-20-18-16-14-12-10-8-6-4-2/h5-8,11-14,17-20,22-23,25-26,29,31,48,50H,3-4,9-10,15-16,21,24,27-28,30,32-47H2,1-2H3/b7-5-,8-6-,13-11-,14-12-,19-17-,20-18-,23-22-,26-25-,31-29-. The largest absolute Gasteiger partial charge is 0.457 e. The maximum atomic E-state index is 12.2. The summed E-state index contributed by atoms with van der Waals surface area (Å²) < 4.78 is 11.1. The lowest BCUT2D eigenvalue weighted by Gasteiger charge is -2.15. The lowest BCUT2D eigenvalue weighted by Crippen LogP contribution is -2.27. The molecule has 0 rings (SSSR count). The van der Waals surface area contributed by atoms with Crippen molar-refractivity contribution in [3.63, 3.8) is 0 Å². The molecule has 0 amide bonds. The van der Waals surface area contributed by atoms with Gasteiger partial charge in [-0.2, -0.15) is 0 Å². The molecule has 0 heterocycles. The summed E-state index contributed by atoms with van der Waals surface area (Å²) in [7, 11) is 0. The average molecular weight is 733 g/mol. The predicted molar refractivity (Wildman–Crippen MR) is 232 cm³/mol. The number of carbonyl (C=O) groups is 1. The molecule has 0 aromatic carbocycles. The van der Waals surface area contributed by atoms with Crippen LogP contribution in [-0.2, 0) is 14.3 Å². The first-order valence-electron chi connectivity index (χ1n) is 21.5. The number of aliphatic hydroxyl groups is 1. The molecule has 1 unspecified atom stereocenters. The summed E-state index contributed by atoms with van der Waals surface area (Å²) in [5.74, 6) is -0.224. The SMILES string of the molecule is CC/C=C\C/C=C\C/C=C\C/C=C\C/C=C\C/C=C\CCCCCCCOCC(CO)OC(=O)CCCCCCCCC/C=C\C/C=C\C/C=C\CC. The molecule has 0 radical (unpaired) electrons. The molecule has 0 aromatic rings. The van der Waals surface area contributed by atoms with Gasteiger partial charge in [-0.15, -0.1) is 0 Å². The molecule has 0 bridgehead atoms.